The first-order valence-electron chi connectivity index (χ1n) is 24.9. The number of aromatic nitrogens is 1. The minimum atomic E-state index is -4.78. The highest BCUT2D eigenvalue weighted by Gasteiger charge is 2.58. The molecule has 0 amide bonds. The van der Waals surface area contributed by atoms with Crippen molar-refractivity contribution in [3.63, 3.8) is 0 Å². The van der Waals surface area contributed by atoms with Crippen LogP contribution in [-0.4, -0.2) is 64.3 Å². The third kappa shape index (κ3) is 7.85. The zero-order valence-corrected chi connectivity index (χ0v) is 42.7. The second-order valence-corrected chi connectivity index (χ2v) is 18.7. The van der Waals surface area contributed by atoms with E-state index < -0.39 is 6.97 Å². The Hall–Kier alpha value is -9.35. The van der Waals surface area contributed by atoms with Crippen molar-refractivity contribution in [2.75, 3.05) is 42.7 Å². The smallest absolute Gasteiger partial charge is 0.497 e. The van der Waals surface area contributed by atoms with Crippen LogP contribution >= 0.6 is 0 Å². The third-order valence-electron chi connectivity index (χ3n) is 14.8. The highest BCUT2D eigenvalue weighted by molar-refractivity contribution is 6.61. The summed E-state index contributed by atoms with van der Waals surface area (Å²) >= 11 is 0. The predicted molar refractivity (Wildman–Crippen MR) is 301 cm³/mol. The largest absolute Gasteiger partial charge is 0.738 e. The van der Waals surface area contributed by atoms with Crippen LogP contribution in [0.25, 0.3) is 77.8 Å². The Bertz CT molecular complexity index is 3910. The lowest BCUT2D eigenvalue weighted by Gasteiger charge is -2.34. The van der Waals surface area contributed by atoms with Crippen molar-refractivity contribution in [1.29, 1.82) is 0 Å². The molecule has 11 heteroatoms. The van der Waals surface area contributed by atoms with E-state index in [1.54, 1.807) is 42.7 Å². The topological polar surface area (TPSA) is 63.3 Å². The lowest BCUT2D eigenvalue weighted by atomic mass is 9.82. The summed E-state index contributed by atoms with van der Waals surface area (Å²) in [5.74, 6) is 4.01. The van der Waals surface area contributed by atoms with Crippen LogP contribution in [0.5, 0.6) is 34.5 Å². The monoisotopic (exact) mass is 1000 g/mol. The highest BCUT2D eigenvalue weighted by Crippen LogP contribution is 2.54. The van der Waals surface area contributed by atoms with Crippen LogP contribution in [0.1, 0.15) is 27.9 Å². The lowest BCUT2D eigenvalue weighted by Crippen LogP contribution is -2.51. The van der Waals surface area contributed by atoms with E-state index in [2.05, 4.69) is 24.3 Å². The molecule has 0 unspecified atom stereocenters. The maximum absolute atomic E-state index is 19.8. The lowest BCUT2D eigenvalue weighted by molar-refractivity contribution is -0.317. The Morgan fingerprint density at radius 3 is 1.04 bits per heavy atom. The summed E-state index contributed by atoms with van der Waals surface area (Å²) in [4.78, 5) is 0. The zero-order valence-electron chi connectivity index (χ0n) is 42.7. The van der Waals surface area contributed by atoms with Gasteiger partial charge < -0.3 is 46.0 Å². The van der Waals surface area contributed by atoms with Crippen molar-refractivity contribution in [2.24, 2.45) is 0 Å². The van der Waals surface area contributed by atoms with Gasteiger partial charge in [0.1, 0.15) is 34.5 Å². The molecule has 374 valence electrons. The van der Waals surface area contributed by atoms with Crippen LogP contribution < -0.4 is 28.4 Å². The summed E-state index contributed by atoms with van der Waals surface area (Å²) in [7, 11) is 9.75. The Labute approximate surface area is 439 Å². The molecule has 2 aliphatic rings. The van der Waals surface area contributed by atoms with Gasteiger partial charge in [-0.25, -0.2) is 0 Å². The van der Waals surface area contributed by atoms with E-state index in [1.165, 1.54) is 8.96 Å². The van der Waals surface area contributed by atoms with Crippen LogP contribution in [0.3, 0.4) is 0 Å². The van der Waals surface area contributed by atoms with Gasteiger partial charge in [-0.15, -0.1) is 0 Å². The molecule has 0 saturated heterocycles. The minimum Gasteiger partial charge on any atom is -0.497 e. The Kier molecular flexibility index (Phi) is 12.0. The van der Waals surface area contributed by atoms with Crippen molar-refractivity contribution in [3.8, 4) is 90.3 Å². The number of halogens is 2. The molecule has 0 fully saturated rings. The molecule has 0 radical (unpaired) electrons. The summed E-state index contributed by atoms with van der Waals surface area (Å²) in [6.45, 7) is -4.78. The van der Waals surface area contributed by atoms with Gasteiger partial charge in [0.05, 0.1) is 59.4 Å². The summed E-state index contributed by atoms with van der Waals surface area (Å²) in [5.41, 5.74) is 12.4. The van der Waals surface area contributed by atoms with Crippen LogP contribution in [0, 0.1) is 0 Å². The summed E-state index contributed by atoms with van der Waals surface area (Å²) in [5, 5.41) is 1.31. The normalized spacial score (nSPS) is 13.3. The molecule has 76 heavy (non-hydrogen) atoms. The summed E-state index contributed by atoms with van der Waals surface area (Å²) < 4.78 is 76.1. The molecular formula is C65H51BF2N2O6. The average Bonchev–Trinajstić information content (AvgIpc) is 4.05. The summed E-state index contributed by atoms with van der Waals surface area (Å²) in [6.07, 6.45) is 0. The minimum absolute atomic E-state index is 0.365. The number of ether oxygens (including phenoxy) is 6. The Morgan fingerprint density at radius 2 is 0.658 bits per heavy atom. The first-order chi connectivity index (χ1) is 37.1. The zero-order chi connectivity index (χ0) is 52.2. The molecular weight excluding hydrogens is 954 g/mol. The maximum atomic E-state index is 19.8. The fraction of sp³-hybridized carbons (Fsp3) is 0.0923. The van der Waals surface area contributed by atoms with Gasteiger partial charge in [-0.3, -0.25) is 0 Å². The van der Waals surface area contributed by atoms with Crippen molar-refractivity contribution in [1.82, 2.24) is 4.48 Å². The van der Waals surface area contributed by atoms with Crippen molar-refractivity contribution >= 4 is 34.7 Å². The molecule has 1 aromatic heterocycles. The molecule has 0 spiro atoms. The second kappa shape index (κ2) is 19.2. The van der Waals surface area contributed by atoms with E-state index in [9.17, 15) is 0 Å². The predicted octanol–water partition coefficient (Wildman–Crippen LogP) is 15.0. The van der Waals surface area contributed by atoms with Gasteiger partial charge in [0.2, 0.25) is 0 Å². The van der Waals surface area contributed by atoms with Gasteiger partial charge in [-0.2, -0.15) is 0 Å². The van der Waals surface area contributed by atoms with E-state index in [-0.39, 0.29) is 0 Å². The van der Waals surface area contributed by atoms with Gasteiger partial charge in [0.15, 0.2) is 11.4 Å². The van der Waals surface area contributed by atoms with E-state index in [0.717, 1.165) is 50.1 Å². The third-order valence-corrected chi connectivity index (χ3v) is 14.8. The maximum Gasteiger partial charge on any atom is 0.738 e. The second-order valence-electron chi connectivity index (χ2n) is 18.7. The number of rotatable bonds is 13. The number of fused-ring (bicyclic) bond motifs is 6. The van der Waals surface area contributed by atoms with Crippen LogP contribution in [0.2, 0.25) is 0 Å². The van der Waals surface area contributed by atoms with Gasteiger partial charge in [0.25, 0.3) is 0 Å². The van der Waals surface area contributed by atoms with Crippen LogP contribution in [0.15, 0.2) is 200 Å². The van der Waals surface area contributed by atoms with E-state index in [0.29, 0.717) is 95.9 Å². The first kappa shape index (κ1) is 47.6. The molecule has 2 aliphatic heterocycles. The average molecular weight is 1000 g/mol. The van der Waals surface area contributed by atoms with Gasteiger partial charge in [0, 0.05) is 27.7 Å². The molecule has 0 bridgehead atoms. The standard InChI is InChI=1S/C65H51BF2N2O6/c1-71-47-24-12-40(13-25-47)53-36-57-59(38-55(53)42-16-28-49(73-3)29-17-42)64-61(44-10-8-7-9-11-44)65-60-39-56(43-18-30-50(74-4)31-19-43)54(41-14-26-48(72-2)27-15-41)37-58(60)63(46-22-34-52(76-6)35-23-46)70(65)66(67,68)69(64)62(57)45-20-32-51(75-5)33-21-45/h7-39H,1-6H3. The van der Waals surface area contributed by atoms with E-state index in [1.807, 2.05) is 176 Å². The number of hydrogen-bond donors (Lipinski definition) is 0. The van der Waals surface area contributed by atoms with Crippen molar-refractivity contribution in [3.05, 3.63) is 228 Å². The molecule has 8 nitrogen and oxygen atoms in total. The molecule has 0 saturated carbocycles. The van der Waals surface area contributed by atoms with Crippen molar-refractivity contribution < 1.29 is 41.5 Å². The number of methoxy groups -OCH3 is 6. The Morgan fingerprint density at radius 1 is 0.329 bits per heavy atom. The quantitative estimate of drug-likeness (QED) is 0.107. The highest BCUT2D eigenvalue weighted by atomic mass is 19.2. The van der Waals surface area contributed by atoms with Gasteiger partial charge in [-0.1, -0.05) is 78.9 Å². The van der Waals surface area contributed by atoms with E-state index in [4.69, 9.17) is 28.4 Å². The summed E-state index contributed by atoms with van der Waals surface area (Å²) in [6, 6.07) is 64.5. The SMILES string of the molecule is COc1ccc(C2=[N+]3C(=C(c4ccccc4)c4c5cc(-c6ccc(OC)cc6)c(-c6ccc(OC)cc6)cc5c(-c5ccc(OC)cc5)n4[B-]3(F)F)c3cc(-c4ccc(OC)cc4)c(-c4ccc(OC)cc4)cc32)cc1. The molecule has 12 rings (SSSR count). The first-order valence-corrected chi connectivity index (χ1v) is 24.9. The Balaban J connectivity index is 1.27. The fourth-order valence-electron chi connectivity index (χ4n) is 11.1. The molecule has 0 atom stereocenters. The van der Waals surface area contributed by atoms with Crippen LogP contribution in [0.4, 0.5) is 8.63 Å². The van der Waals surface area contributed by atoms with E-state index >= 15 is 8.63 Å². The molecule has 9 aromatic carbocycles. The van der Waals surface area contributed by atoms with Gasteiger partial charge >= 0.3 is 6.97 Å². The molecule has 0 aliphatic carbocycles. The number of hydrogen-bond acceptors (Lipinski definition) is 6. The number of nitrogens with zero attached hydrogens (tertiary/aromatic N) is 2. The van der Waals surface area contributed by atoms with Crippen molar-refractivity contribution in [2.45, 2.75) is 0 Å². The number of benzene rings is 9. The fourth-order valence-corrected chi connectivity index (χ4v) is 11.1. The molecule has 3 heterocycles. The van der Waals surface area contributed by atoms with Gasteiger partial charge in [-0.05, 0) is 177 Å². The molecule has 10 aromatic rings. The van der Waals surface area contributed by atoms with Crippen LogP contribution in [-0.2, 0) is 0 Å². The molecule has 0 N–H and O–H groups in total.